The number of hydrogen-bond acceptors (Lipinski definition) is 6. The summed E-state index contributed by atoms with van der Waals surface area (Å²) in [6.07, 6.45) is 6.71. The summed E-state index contributed by atoms with van der Waals surface area (Å²) in [4.78, 5) is 40.8. The number of aromatic carboxylic acids is 1. The van der Waals surface area contributed by atoms with E-state index in [0.717, 1.165) is 17.0 Å². The number of anilines is 3. The van der Waals surface area contributed by atoms with Crippen LogP contribution in [-0.4, -0.2) is 37.4 Å². The molecule has 0 saturated heterocycles. The van der Waals surface area contributed by atoms with Crippen molar-refractivity contribution in [2.45, 2.75) is 20.4 Å². The van der Waals surface area contributed by atoms with Crippen molar-refractivity contribution in [3.63, 3.8) is 0 Å². The molecule has 0 radical (unpaired) electrons. The minimum atomic E-state index is -1.14. The van der Waals surface area contributed by atoms with Gasteiger partial charge in [0.1, 0.15) is 23.1 Å². The molecule has 0 atom stereocenters. The fourth-order valence-electron chi connectivity index (χ4n) is 3.74. The monoisotopic (exact) mass is 504 g/mol. The molecule has 0 aliphatic carbocycles. The highest BCUT2D eigenvalue weighted by Crippen LogP contribution is 2.37. The van der Waals surface area contributed by atoms with Gasteiger partial charge in [0.05, 0.1) is 17.8 Å². The van der Waals surface area contributed by atoms with Crippen LogP contribution in [0.25, 0.3) is 17.3 Å². The van der Waals surface area contributed by atoms with Gasteiger partial charge in [-0.25, -0.2) is 23.5 Å². The lowest BCUT2D eigenvalue weighted by Gasteiger charge is -2.23. The van der Waals surface area contributed by atoms with Gasteiger partial charge in [-0.3, -0.25) is 9.69 Å². The molecule has 188 valence electrons. The Morgan fingerprint density at radius 1 is 1.19 bits per heavy atom. The number of aromatic nitrogens is 4. The van der Waals surface area contributed by atoms with Crippen molar-refractivity contribution in [2.24, 2.45) is 0 Å². The molecule has 2 aromatic heterocycles. The lowest BCUT2D eigenvalue weighted by Crippen LogP contribution is -2.21. The van der Waals surface area contributed by atoms with E-state index in [2.05, 4.69) is 25.3 Å². The summed E-state index contributed by atoms with van der Waals surface area (Å²) >= 11 is 0. The number of nitrogens with zero attached hydrogens (tertiary/aromatic N) is 4. The van der Waals surface area contributed by atoms with E-state index in [1.165, 1.54) is 18.2 Å². The van der Waals surface area contributed by atoms with Gasteiger partial charge in [0, 0.05) is 23.5 Å². The molecule has 4 rings (SSSR count). The smallest absolute Gasteiger partial charge is 0.335 e. The zero-order chi connectivity index (χ0) is 26.5. The van der Waals surface area contributed by atoms with Gasteiger partial charge >= 0.3 is 5.97 Å². The molecule has 0 aliphatic rings. The number of nitrogens with one attached hydrogen (secondary N) is 2. The van der Waals surface area contributed by atoms with Crippen LogP contribution in [-0.2, 0) is 11.3 Å². The van der Waals surface area contributed by atoms with Crippen LogP contribution in [0.3, 0.4) is 0 Å². The number of H-pyrrole nitrogens is 1. The van der Waals surface area contributed by atoms with E-state index < -0.39 is 23.3 Å². The quantitative estimate of drug-likeness (QED) is 0.271. The number of para-hydroxylation sites is 1. The van der Waals surface area contributed by atoms with Crippen LogP contribution < -0.4 is 10.2 Å². The fraction of sp³-hybridized carbons (Fsp3) is 0.115. The minimum Gasteiger partial charge on any atom is -0.478 e. The molecule has 0 saturated carbocycles. The lowest BCUT2D eigenvalue weighted by molar-refractivity contribution is -0.106. The minimum absolute atomic E-state index is 0.0182. The van der Waals surface area contributed by atoms with Crippen molar-refractivity contribution in [1.29, 1.82) is 0 Å². The molecule has 4 aromatic rings. The predicted molar refractivity (Wildman–Crippen MR) is 134 cm³/mol. The van der Waals surface area contributed by atoms with Crippen LogP contribution in [0.2, 0.25) is 0 Å². The second-order valence-electron chi connectivity index (χ2n) is 7.90. The van der Waals surface area contributed by atoms with Gasteiger partial charge in [-0.15, -0.1) is 0 Å². The van der Waals surface area contributed by atoms with Gasteiger partial charge in [0.2, 0.25) is 12.4 Å². The number of carboxylic acid groups (broad SMARTS) is 1. The summed E-state index contributed by atoms with van der Waals surface area (Å²) in [5.41, 5.74) is 1.05. The lowest BCUT2D eigenvalue weighted by atomic mass is 9.98. The number of benzene rings is 2. The Balaban J connectivity index is 2.00. The van der Waals surface area contributed by atoms with Gasteiger partial charge in [0.25, 0.3) is 0 Å². The first-order valence-electron chi connectivity index (χ1n) is 11.1. The van der Waals surface area contributed by atoms with Crippen molar-refractivity contribution >= 4 is 35.9 Å². The van der Waals surface area contributed by atoms with E-state index in [1.807, 2.05) is 0 Å². The van der Waals surface area contributed by atoms with Crippen LogP contribution in [0.15, 0.2) is 54.9 Å². The zero-order valence-electron chi connectivity index (χ0n) is 19.9. The number of carbonyl (C=O) groups is 2. The number of aromatic amines is 1. The van der Waals surface area contributed by atoms with Crippen LogP contribution in [0.4, 0.5) is 26.2 Å². The standard InChI is InChI=1S/C26H22F2N6O3/c1-3-5-17-22(18-12-16(25(36)37)9-8-15(18)2)32-26(31-13-21-29-10-11-30-21)33-24(17)34(14-35)23-19(27)6-4-7-20(23)28/h3-12,14H,13H2,1-2H3,(H,29,30)(H,36,37)(H,31,32,33)/b5-3-. The van der Waals surface area contributed by atoms with E-state index >= 15 is 0 Å². The molecule has 0 bridgehead atoms. The Kier molecular flexibility index (Phi) is 7.33. The molecule has 37 heavy (non-hydrogen) atoms. The largest absolute Gasteiger partial charge is 0.478 e. The van der Waals surface area contributed by atoms with Crippen molar-refractivity contribution in [2.75, 3.05) is 10.2 Å². The summed E-state index contributed by atoms with van der Waals surface area (Å²) in [7, 11) is 0. The Labute approximate surface area is 210 Å². The van der Waals surface area contributed by atoms with Gasteiger partial charge in [0.15, 0.2) is 5.82 Å². The molecule has 9 nitrogen and oxygen atoms in total. The normalized spacial score (nSPS) is 11.0. The number of rotatable bonds is 9. The number of allylic oxidation sites excluding steroid dienone is 1. The molecule has 0 fully saturated rings. The summed E-state index contributed by atoms with van der Waals surface area (Å²) < 4.78 is 29.5. The SMILES string of the molecule is C/C=C\c1c(-c2cc(C(=O)O)ccc2C)nc(NCc2ncc[nH]2)nc1N(C=O)c1c(F)cccc1F. The second-order valence-corrected chi connectivity index (χ2v) is 7.90. The third-order valence-corrected chi connectivity index (χ3v) is 5.48. The number of halogens is 2. The molecular weight excluding hydrogens is 482 g/mol. The third kappa shape index (κ3) is 5.20. The van der Waals surface area contributed by atoms with E-state index in [1.54, 1.807) is 44.5 Å². The van der Waals surface area contributed by atoms with Crippen LogP contribution in [0, 0.1) is 18.6 Å². The van der Waals surface area contributed by atoms with Crippen molar-refractivity contribution < 1.29 is 23.5 Å². The molecule has 1 amide bonds. The van der Waals surface area contributed by atoms with E-state index in [0.29, 0.717) is 17.0 Å². The van der Waals surface area contributed by atoms with Crippen molar-refractivity contribution in [3.8, 4) is 11.3 Å². The number of amides is 1. The number of carboxylic acids is 1. The van der Waals surface area contributed by atoms with Crippen LogP contribution in [0.1, 0.15) is 34.2 Å². The predicted octanol–water partition coefficient (Wildman–Crippen LogP) is 5.09. The van der Waals surface area contributed by atoms with Crippen LogP contribution in [0.5, 0.6) is 0 Å². The summed E-state index contributed by atoms with van der Waals surface area (Å²) in [6, 6.07) is 7.78. The van der Waals surface area contributed by atoms with Crippen LogP contribution >= 0.6 is 0 Å². The average molecular weight is 504 g/mol. The number of imidazole rings is 1. The number of hydrogen-bond donors (Lipinski definition) is 3. The van der Waals surface area contributed by atoms with E-state index in [-0.39, 0.29) is 41.5 Å². The summed E-state index contributed by atoms with van der Waals surface area (Å²) in [5, 5.41) is 12.5. The third-order valence-electron chi connectivity index (χ3n) is 5.48. The fourth-order valence-corrected chi connectivity index (χ4v) is 3.74. The van der Waals surface area contributed by atoms with Gasteiger partial charge in [-0.2, -0.15) is 4.98 Å². The first-order valence-corrected chi connectivity index (χ1v) is 11.1. The molecule has 0 aliphatic heterocycles. The Morgan fingerprint density at radius 2 is 1.95 bits per heavy atom. The highest BCUT2D eigenvalue weighted by Gasteiger charge is 2.25. The molecule has 0 unspecified atom stereocenters. The highest BCUT2D eigenvalue weighted by molar-refractivity contribution is 5.94. The molecule has 2 aromatic carbocycles. The molecule has 11 heteroatoms. The molecular formula is C26H22F2N6O3. The number of aryl methyl sites for hydroxylation is 1. The number of carbonyl (C=O) groups excluding carboxylic acids is 1. The summed E-state index contributed by atoms with van der Waals surface area (Å²) in [5.74, 6) is -2.58. The maximum absolute atomic E-state index is 14.8. The van der Waals surface area contributed by atoms with E-state index in [9.17, 15) is 23.5 Å². The van der Waals surface area contributed by atoms with E-state index in [4.69, 9.17) is 0 Å². The van der Waals surface area contributed by atoms with Gasteiger partial charge < -0.3 is 15.4 Å². The Bertz CT molecular complexity index is 1470. The van der Waals surface area contributed by atoms with Gasteiger partial charge in [-0.1, -0.05) is 24.3 Å². The summed E-state index contributed by atoms with van der Waals surface area (Å²) in [6.45, 7) is 3.66. The maximum Gasteiger partial charge on any atom is 0.335 e. The van der Waals surface area contributed by atoms with Crippen molar-refractivity contribution in [1.82, 2.24) is 19.9 Å². The van der Waals surface area contributed by atoms with Crippen molar-refractivity contribution in [3.05, 3.63) is 89.0 Å². The Hall–Kier alpha value is -4.93. The maximum atomic E-state index is 14.8. The molecule has 0 spiro atoms. The average Bonchev–Trinajstić information content (AvgIpc) is 3.40. The van der Waals surface area contributed by atoms with Gasteiger partial charge in [-0.05, 0) is 43.7 Å². The highest BCUT2D eigenvalue weighted by atomic mass is 19.1. The first-order chi connectivity index (χ1) is 17.8. The topological polar surface area (TPSA) is 124 Å². The molecule has 3 N–H and O–H groups in total. The second kappa shape index (κ2) is 10.8. The molecule has 2 heterocycles. The Morgan fingerprint density at radius 3 is 2.57 bits per heavy atom. The first kappa shape index (κ1) is 25.2. The zero-order valence-corrected chi connectivity index (χ0v) is 19.9.